The average molecular weight is 403 g/mol. The molecule has 2 atom stereocenters. The standard InChI is InChI=1S/C21H27BrN2O/c1-21(2,3)17-6-4-5-11-23(17)12-15-13-24-18(25)10-8-14-7-9-16(22)19(15)20(14)24/h7-10,15,17H,4-6,11-13H2,1-3H3. The molecule has 2 aliphatic rings. The highest BCUT2D eigenvalue weighted by Gasteiger charge is 2.36. The first kappa shape index (κ1) is 17.3. The molecule has 4 rings (SSSR count). The van der Waals surface area contributed by atoms with Gasteiger partial charge < -0.3 is 4.57 Å². The average Bonchev–Trinajstić information content (AvgIpc) is 2.94. The van der Waals surface area contributed by atoms with Gasteiger partial charge in [0.15, 0.2) is 0 Å². The van der Waals surface area contributed by atoms with E-state index in [2.05, 4.69) is 53.7 Å². The van der Waals surface area contributed by atoms with Gasteiger partial charge in [0, 0.05) is 35.6 Å². The third-order valence-corrected chi connectivity index (χ3v) is 6.71. The zero-order valence-electron chi connectivity index (χ0n) is 15.4. The summed E-state index contributed by atoms with van der Waals surface area (Å²) >= 11 is 3.76. The first-order valence-electron chi connectivity index (χ1n) is 9.42. The zero-order chi connectivity index (χ0) is 17.8. The molecule has 2 unspecified atom stereocenters. The summed E-state index contributed by atoms with van der Waals surface area (Å²) in [5.41, 5.74) is 2.89. The van der Waals surface area contributed by atoms with Crippen LogP contribution in [0.25, 0.3) is 10.9 Å². The summed E-state index contributed by atoms with van der Waals surface area (Å²) in [6.45, 7) is 10.1. The summed E-state index contributed by atoms with van der Waals surface area (Å²) < 4.78 is 3.13. The van der Waals surface area contributed by atoms with Crippen LogP contribution in [0, 0.1) is 5.41 Å². The quantitative estimate of drug-likeness (QED) is 0.722. The van der Waals surface area contributed by atoms with E-state index in [9.17, 15) is 4.79 Å². The lowest BCUT2D eigenvalue weighted by molar-refractivity contribution is 0.0577. The Labute approximate surface area is 158 Å². The van der Waals surface area contributed by atoms with Crippen LogP contribution in [0.15, 0.2) is 33.5 Å². The lowest BCUT2D eigenvalue weighted by Crippen LogP contribution is -2.48. The van der Waals surface area contributed by atoms with Crippen LogP contribution in [-0.2, 0) is 6.54 Å². The molecule has 3 heterocycles. The third-order valence-electron chi connectivity index (χ3n) is 6.02. The van der Waals surface area contributed by atoms with Gasteiger partial charge in [-0.05, 0) is 47.9 Å². The molecule has 0 saturated carbocycles. The number of pyridine rings is 1. The molecule has 1 saturated heterocycles. The molecule has 25 heavy (non-hydrogen) atoms. The minimum Gasteiger partial charge on any atom is -0.307 e. The van der Waals surface area contributed by atoms with Crippen molar-refractivity contribution in [2.75, 3.05) is 13.1 Å². The lowest BCUT2D eigenvalue weighted by Gasteiger charge is -2.44. The number of hydrogen-bond donors (Lipinski definition) is 0. The number of benzene rings is 1. The van der Waals surface area contributed by atoms with Gasteiger partial charge in [-0.3, -0.25) is 9.69 Å². The van der Waals surface area contributed by atoms with Crippen LogP contribution < -0.4 is 5.56 Å². The molecule has 0 N–H and O–H groups in total. The van der Waals surface area contributed by atoms with Crippen LogP contribution in [0.4, 0.5) is 0 Å². The van der Waals surface area contributed by atoms with Gasteiger partial charge in [-0.2, -0.15) is 0 Å². The number of piperidine rings is 1. The maximum absolute atomic E-state index is 12.4. The van der Waals surface area contributed by atoms with Crippen molar-refractivity contribution in [3.05, 3.63) is 44.7 Å². The Hall–Kier alpha value is -1.13. The molecule has 1 aromatic heterocycles. The smallest absolute Gasteiger partial charge is 0.251 e. The summed E-state index contributed by atoms with van der Waals surface area (Å²) in [7, 11) is 0. The molecule has 0 spiro atoms. The van der Waals surface area contributed by atoms with Crippen LogP contribution in [-0.4, -0.2) is 28.6 Å². The Morgan fingerprint density at radius 2 is 1.92 bits per heavy atom. The first-order valence-corrected chi connectivity index (χ1v) is 10.2. The maximum atomic E-state index is 12.4. The van der Waals surface area contributed by atoms with Gasteiger partial charge in [-0.25, -0.2) is 0 Å². The molecular weight excluding hydrogens is 376 g/mol. The second kappa shape index (κ2) is 6.24. The Bertz CT molecular complexity index is 865. The summed E-state index contributed by atoms with van der Waals surface area (Å²) in [5, 5.41) is 1.17. The normalized spacial score (nSPS) is 24.2. The highest BCUT2D eigenvalue weighted by molar-refractivity contribution is 9.10. The van der Waals surface area contributed by atoms with Crippen LogP contribution in [0.5, 0.6) is 0 Å². The van der Waals surface area contributed by atoms with Gasteiger partial charge in [-0.1, -0.05) is 49.2 Å². The van der Waals surface area contributed by atoms with Crippen molar-refractivity contribution in [1.29, 1.82) is 0 Å². The topological polar surface area (TPSA) is 25.2 Å². The van der Waals surface area contributed by atoms with E-state index in [0.717, 1.165) is 23.1 Å². The molecule has 0 radical (unpaired) electrons. The van der Waals surface area contributed by atoms with Gasteiger partial charge in [0.2, 0.25) is 0 Å². The van der Waals surface area contributed by atoms with Crippen LogP contribution in [0.3, 0.4) is 0 Å². The van der Waals surface area contributed by atoms with E-state index >= 15 is 0 Å². The van der Waals surface area contributed by atoms with Crippen molar-refractivity contribution >= 4 is 26.8 Å². The molecule has 3 nitrogen and oxygen atoms in total. The van der Waals surface area contributed by atoms with Crippen molar-refractivity contribution in [2.24, 2.45) is 5.41 Å². The van der Waals surface area contributed by atoms with Gasteiger partial charge in [0.25, 0.3) is 5.56 Å². The second-order valence-corrected chi connectivity index (χ2v) is 9.60. The number of likely N-dealkylation sites (tertiary alicyclic amines) is 1. The third kappa shape index (κ3) is 2.97. The number of halogens is 1. The lowest BCUT2D eigenvalue weighted by atomic mass is 9.80. The maximum Gasteiger partial charge on any atom is 0.251 e. The van der Waals surface area contributed by atoms with E-state index < -0.39 is 0 Å². The summed E-state index contributed by atoms with van der Waals surface area (Å²) in [5.74, 6) is 0.385. The van der Waals surface area contributed by atoms with E-state index in [1.165, 1.54) is 36.8 Å². The summed E-state index contributed by atoms with van der Waals surface area (Å²) in [4.78, 5) is 15.1. The molecular formula is C21H27BrN2O. The minimum atomic E-state index is 0.125. The Kier molecular flexibility index (Phi) is 4.32. The van der Waals surface area contributed by atoms with Crippen molar-refractivity contribution in [1.82, 2.24) is 9.47 Å². The fourth-order valence-electron chi connectivity index (χ4n) is 4.90. The van der Waals surface area contributed by atoms with Crippen molar-refractivity contribution in [3.8, 4) is 0 Å². The minimum absolute atomic E-state index is 0.125. The van der Waals surface area contributed by atoms with E-state index in [1.807, 2.05) is 10.6 Å². The Morgan fingerprint density at radius 1 is 1.16 bits per heavy atom. The number of aromatic nitrogens is 1. The van der Waals surface area contributed by atoms with Gasteiger partial charge >= 0.3 is 0 Å². The number of rotatable bonds is 2. The first-order chi connectivity index (χ1) is 11.9. The molecule has 0 bridgehead atoms. The number of nitrogens with zero attached hydrogens (tertiary/aromatic N) is 2. The predicted octanol–water partition coefficient (Wildman–Crippen LogP) is 4.76. The highest BCUT2D eigenvalue weighted by Crippen LogP contribution is 2.40. The van der Waals surface area contributed by atoms with E-state index in [1.54, 1.807) is 6.07 Å². The molecule has 134 valence electrons. The molecule has 1 fully saturated rings. The SMILES string of the molecule is CC(C)(C)C1CCCCN1CC1Cn2c(=O)ccc3ccc(Br)c1c32. The van der Waals surface area contributed by atoms with Crippen molar-refractivity contribution in [3.63, 3.8) is 0 Å². The van der Waals surface area contributed by atoms with Gasteiger partial charge in [-0.15, -0.1) is 0 Å². The second-order valence-electron chi connectivity index (χ2n) is 8.75. The molecule has 1 aromatic carbocycles. The van der Waals surface area contributed by atoms with Gasteiger partial charge in [0.1, 0.15) is 0 Å². The Balaban J connectivity index is 1.71. The van der Waals surface area contributed by atoms with E-state index in [0.29, 0.717) is 17.4 Å². The molecule has 0 amide bonds. The molecule has 4 heteroatoms. The summed E-state index contributed by atoms with van der Waals surface area (Å²) in [6, 6.07) is 8.55. The number of hydrogen-bond acceptors (Lipinski definition) is 2. The summed E-state index contributed by atoms with van der Waals surface area (Å²) in [6.07, 6.45) is 3.91. The highest BCUT2D eigenvalue weighted by atomic mass is 79.9. The molecule has 2 aromatic rings. The molecule has 0 aliphatic carbocycles. The monoisotopic (exact) mass is 402 g/mol. The predicted molar refractivity (Wildman–Crippen MR) is 107 cm³/mol. The van der Waals surface area contributed by atoms with E-state index in [-0.39, 0.29) is 5.56 Å². The Morgan fingerprint density at radius 3 is 2.68 bits per heavy atom. The van der Waals surface area contributed by atoms with Crippen molar-refractivity contribution < 1.29 is 0 Å². The van der Waals surface area contributed by atoms with Gasteiger partial charge in [0.05, 0.1) is 5.52 Å². The fourth-order valence-corrected chi connectivity index (χ4v) is 5.54. The molecule has 2 aliphatic heterocycles. The van der Waals surface area contributed by atoms with Crippen LogP contribution >= 0.6 is 15.9 Å². The zero-order valence-corrected chi connectivity index (χ0v) is 17.0. The largest absolute Gasteiger partial charge is 0.307 e. The van der Waals surface area contributed by atoms with Crippen molar-refractivity contribution in [2.45, 2.75) is 58.5 Å². The van der Waals surface area contributed by atoms with Crippen LogP contribution in [0.2, 0.25) is 0 Å². The van der Waals surface area contributed by atoms with E-state index in [4.69, 9.17) is 0 Å². The fraction of sp³-hybridized carbons (Fsp3) is 0.571. The van der Waals surface area contributed by atoms with Crippen LogP contribution in [0.1, 0.15) is 51.5 Å².